The lowest BCUT2D eigenvalue weighted by molar-refractivity contribution is 0.685. The molecule has 3 nitrogen and oxygen atoms in total. The summed E-state index contributed by atoms with van der Waals surface area (Å²) in [6.45, 7) is 4.06. The summed E-state index contributed by atoms with van der Waals surface area (Å²) >= 11 is 1.57. The molecule has 0 fully saturated rings. The number of benzene rings is 1. The molecule has 1 heterocycles. The Morgan fingerprint density at radius 3 is 2.78 bits per heavy atom. The molecule has 0 aliphatic rings. The molecule has 2 rings (SSSR count). The molecule has 0 aliphatic heterocycles. The van der Waals surface area contributed by atoms with Crippen LogP contribution < -0.4 is 5.73 Å². The highest BCUT2D eigenvalue weighted by atomic mass is 32.2. The lowest BCUT2D eigenvalue weighted by Crippen LogP contribution is -2.09. The molecule has 2 aromatic rings. The maximum Gasteiger partial charge on any atom is 0.192 e. The van der Waals surface area contributed by atoms with E-state index in [4.69, 9.17) is 5.73 Å². The van der Waals surface area contributed by atoms with Crippen LogP contribution in [0.1, 0.15) is 30.6 Å². The number of aryl methyl sites for hydroxylation is 1. The number of hydrogen-bond donors (Lipinski definition) is 1. The van der Waals surface area contributed by atoms with Crippen molar-refractivity contribution < 1.29 is 0 Å². The van der Waals surface area contributed by atoms with Crippen LogP contribution in [0.5, 0.6) is 0 Å². The van der Waals surface area contributed by atoms with Crippen LogP contribution in [0.25, 0.3) is 0 Å². The molecule has 94 valence electrons. The molecule has 0 radical (unpaired) electrons. The largest absolute Gasteiger partial charge is 0.324 e. The van der Waals surface area contributed by atoms with Gasteiger partial charge in [-0.15, -0.1) is 0 Å². The maximum atomic E-state index is 6.12. The molecular weight excluding hydrogens is 242 g/mol. The monoisotopic (exact) mass is 259 g/mol. The molecule has 0 bridgehead atoms. The van der Waals surface area contributed by atoms with Crippen LogP contribution >= 0.6 is 11.8 Å². The second kappa shape index (κ2) is 5.98. The van der Waals surface area contributed by atoms with Crippen molar-refractivity contribution in [1.29, 1.82) is 0 Å². The van der Waals surface area contributed by atoms with E-state index in [0.717, 1.165) is 27.7 Å². The van der Waals surface area contributed by atoms with E-state index in [1.807, 2.05) is 25.1 Å². The van der Waals surface area contributed by atoms with E-state index < -0.39 is 0 Å². The first kappa shape index (κ1) is 13.1. The molecule has 0 spiro atoms. The van der Waals surface area contributed by atoms with Gasteiger partial charge >= 0.3 is 0 Å². The molecule has 18 heavy (non-hydrogen) atoms. The molecule has 1 atom stereocenters. The zero-order valence-electron chi connectivity index (χ0n) is 10.6. The number of rotatable bonds is 4. The second-order valence-electron chi connectivity index (χ2n) is 4.14. The summed E-state index contributed by atoms with van der Waals surface area (Å²) in [6, 6.07) is 10.1. The van der Waals surface area contributed by atoms with Gasteiger partial charge in [0.05, 0.1) is 0 Å². The molecule has 0 aliphatic carbocycles. The number of hydrogen-bond acceptors (Lipinski definition) is 4. The van der Waals surface area contributed by atoms with Gasteiger partial charge in [0.2, 0.25) is 0 Å². The van der Waals surface area contributed by atoms with E-state index in [1.165, 1.54) is 0 Å². The normalized spacial score (nSPS) is 12.4. The standard InChI is InChI=1S/C14H17N3S/c1-3-12(15)11-6-4-5-7-13(11)18-14-16-9-8-10(2)17-14/h4-9,12H,3,15H2,1-2H3/t12-/m0/s1. The molecule has 0 amide bonds. The summed E-state index contributed by atoms with van der Waals surface area (Å²) in [5.41, 5.74) is 8.26. The van der Waals surface area contributed by atoms with E-state index in [2.05, 4.69) is 29.0 Å². The van der Waals surface area contributed by atoms with Crippen molar-refractivity contribution in [1.82, 2.24) is 9.97 Å². The van der Waals surface area contributed by atoms with Crippen molar-refractivity contribution in [2.24, 2.45) is 5.73 Å². The van der Waals surface area contributed by atoms with Crippen molar-refractivity contribution in [3.8, 4) is 0 Å². The Bertz CT molecular complexity index is 528. The van der Waals surface area contributed by atoms with Gasteiger partial charge in [-0.1, -0.05) is 25.1 Å². The summed E-state index contributed by atoms with van der Waals surface area (Å²) in [7, 11) is 0. The van der Waals surface area contributed by atoms with Crippen LogP contribution in [0, 0.1) is 6.92 Å². The highest BCUT2D eigenvalue weighted by Crippen LogP contribution is 2.31. The number of nitrogens with two attached hydrogens (primary N) is 1. The zero-order chi connectivity index (χ0) is 13.0. The van der Waals surface area contributed by atoms with Crippen molar-refractivity contribution in [2.45, 2.75) is 36.4 Å². The Hall–Kier alpha value is -1.39. The average molecular weight is 259 g/mol. The summed E-state index contributed by atoms with van der Waals surface area (Å²) in [5.74, 6) is 0. The van der Waals surface area contributed by atoms with Crippen LogP contribution in [0.15, 0.2) is 46.6 Å². The first-order chi connectivity index (χ1) is 8.70. The molecule has 0 saturated heterocycles. The third-order valence-electron chi connectivity index (χ3n) is 2.73. The molecule has 0 unspecified atom stereocenters. The van der Waals surface area contributed by atoms with Gasteiger partial charge in [-0.2, -0.15) is 0 Å². The van der Waals surface area contributed by atoms with Crippen molar-refractivity contribution in [3.05, 3.63) is 47.8 Å². The Balaban J connectivity index is 2.29. The van der Waals surface area contributed by atoms with Crippen molar-refractivity contribution in [3.63, 3.8) is 0 Å². The summed E-state index contributed by atoms with van der Waals surface area (Å²) in [6.07, 6.45) is 2.71. The number of aromatic nitrogens is 2. The van der Waals surface area contributed by atoms with Gasteiger partial charge in [0.25, 0.3) is 0 Å². The lowest BCUT2D eigenvalue weighted by Gasteiger charge is -2.13. The minimum Gasteiger partial charge on any atom is -0.324 e. The van der Waals surface area contributed by atoms with Crippen LogP contribution in [-0.4, -0.2) is 9.97 Å². The second-order valence-corrected chi connectivity index (χ2v) is 5.14. The van der Waals surface area contributed by atoms with Crippen LogP contribution in [-0.2, 0) is 0 Å². The van der Waals surface area contributed by atoms with Gasteiger partial charge in [-0.3, -0.25) is 0 Å². The Labute approximate surface area is 112 Å². The van der Waals surface area contributed by atoms with E-state index in [-0.39, 0.29) is 6.04 Å². The maximum absolute atomic E-state index is 6.12. The lowest BCUT2D eigenvalue weighted by atomic mass is 10.1. The zero-order valence-corrected chi connectivity index (χ0v) is 11.4. The first-order valence-electron chi connectivity index (χ1n) is 6.02. The highest BCUT2D eigenvalue weighted by molar-refractivity contribution is 7.99. The van der Waals surface area contributed by atoms with Gasteiger partial charge in [-0.05, 0) is 42.8 Å². The predicted octanol–water partition coefficient (Wildman–Crippen LogP) is 3.35. The Morgan fingerprint density at radius 2 is 2.06 bits per heavy atom. The summed E-state index contributed by atoms with van der Waals surface area (Å²) in [5, 5.41) is 0.769. The molecular formula is C14H17N3S. The van der Waals surface area contributed by atoms with Gasteiger partial charge in [0.15, 0.2) is 5.16 Å². The predicted molar refractivity (Wildman–Crippen MR) is 74.6 cm³/mol. The molecule has 4 heteroatoms. The van der Waals surface area contributed by atoms with Crippen LogP contribution in [0.2, 0.25) is 0 Å². The van der Waals surface area contributed by atoms with E-state index >= 15 is 0 Å². The summed E-state index contributed by atoms with van der Waals surface area (Å²) < 4.78 is 0. The number of nitrogens with zero attached hydrogens (tertiary/aromatic N) is 2. The van der Waals surface area contributed by atoms with Gasteiger partial charge in [0.1, 0.15) is 0 Å². The minimum atomic E-state index is 0.0681. The third-order valence-corrected chi connectivity index (χ3v) is 3.70. The fourth-order valence-electron chi connectivity index (χ4n) is 1.67. The highest BCUT2D eigenvalue weighted by Gasteiger charge is 2.10. The van der Waals surface area contributed by atoms with E-state index in [0.29, 0.717) is 0 Å². The van der Waals surface area contributed by atoms with Crippen LogP contribution in [0.3, 0.4) is 0 Å². The van der Waals surface area contributed by atoms with Crippen molar-refractivity contribution >= 4 is 11.8 Å². The summed E-state index contributed by atoms with van der Waals surface area (Å²) in [4.78, 5) is 9.81. The Morgan fingerprint density at radius 1 is 1.28 bits per heavy atom. The fraction of sp³-hybridized carbons (Fsp3) is 0.286. The van der Waals surface area contributed by atoms with E-state index in [1.54, 1.807) is 18.0 Å². The Kier molecular flexibility index (Phi) is 4.33. The molecule has 0 saturated carbocycles. The topological polar surface area (TPSA) is 51.8 Å². The molecule has 1 aromatic heterocycles. The van der Waals surface area contributed by atoms with Gasteiger partial charge < -0.3 is 5.73 Å². The van der Waals surface area contributed by atoms with Crippen LogP contribution in [0.4, 0.5) is 0 Å². The van der Waals surface area contributed by atoms with Crippen molar-refractivity contribution in [2.75, 3.05) is 0 Å². The smallest absolute Gasteiger partial charge is 0.192 e. The molecule has 2 N–H and O–H groups in total. The quantitative estimate of drug-likeness (QED) is 0.856. The minimum absolute atomic E-state index is 0.0681. The van der Waals surface area contributed by atoms with E-state index in [9.17, 15) is 0 Å². The fourth-order valence-corrected chi connectivity index (χ4v) is 2.66. The van der Waals surface area contributed by atoms with Gasteiger partial charge in [0, 0.05) is 22.8 Å². The SMILES string of the molecule is CC[C@H](N)c1ccccc1Sc1nccc(C)n1. The first-order valence-corrected chi connectivity index (χ1v) is 6.84. The molecule has 1 aromatic carbocycles. The third kappa shape index (κ3) is 3.09. The van der Waals surface area contributed by atoms with Gasteiger partial charge in [-0.25, -0.2) is 9.97 Å². The average Bonchev–Trinajstić information content (AvgIpc) is 2.38.